The third kappa shape index (κ3) is 2.18. The second kappa shape index (κ2) is 3.47. The topological polar surface area (TPSA) is 9.23 Å². The summed E-state index contributed by atoms with van der Waals surface area (Å²) < 4.78 is 5.46. The van der Waals surface area contributed by atoms with Crippen molar-refractivity contribution in [1.29, 1.82) is 0 Å². The van der Waals surface area contributed by atoms with Crippen molar-refractivity contribution in [1.82, 2.24) is 0 Å². The number of hydrogen-bond donors (Lipinski definition) is 0. The molecule has 0 aromatic rings. The normalized spacial score (nSPS) is 36.7. The predicted octanol–water partition coefficient (Wildman–Crippen LogP) is 2.26. The summed E-state index contributed by atoms with van der Waals surface area (Å²) in [6, 6.07) is 0. The molecule has 1 aliphatic rings. The van der Waals surface area contributed by atoms with Crippen molar-refractivity contribution in [3.8, 4) is 0 Å². The number of thioether (sulfide) groups is 1. The first-order valence-corrected chi connectivity index (χ1v) is 4.54. The minimum atomic E-state index is 0.480. The van der Waals surface area contributed by atoms with E-state index in [4.69, 9.17) is 4.74 Å². The van der Waals surface area contributed by atoms with Crippen molar-refractivity contribution >= 4 is 11.8 Å². The lowest BCUT2D eigenvalue weighted by Gasteiger charge is -2.25. The fourth-order valence-corrected chi connectivity index (χ4v) is 2.06. The largest absolute Gasteiger partial charge is 0.368 e. The summed E-state index contributed by atoms with van der Waals surface area (Å²) in [6.07, 6.45) is 2.37. The molecule has 1 rings (SSSR count). The van der Waals surface area contributed by atoms with Gasteiger partial charge in [0.05, 0.1) is 0 Å². The van der Waals surface area contributed by atoms with Crippen LogP contribution in [0.5, 0.6) is 0 Å². The molecule has 1 heterocycles. The molecule has 0 radical (unpaired) electrons. The van der Waals surface area contributed by atoms with Gasteiger partial charge in [-0.3, -0.25) is 0 Å². The summed E-state index contributed by atoms with van der Waals surface area (Å²) in [4.78, 5) is 0. The minimum absolute atomic E-state index is 0.480. The maximum absolute atomic E-state index is 5.46. The molecule has 1 nitrogen and oxygen atoms in total. The molecule has 0 spiro atoms. The van der Waals surface area contributed by atoms with E-state index in [0.717, 1.165) is 18.3 Å². The van der Waals surface area contributed by atoms with Crippen LogP contribution < -0.4 is 0 Å². The van der Waals surface area contributed by atoms with Crippen LogP contribution in [-0.2, 0) is 4.74 Å². The Bertz CT molecular complexity index is 85.0. The number of rotatable bonds is 1. The number of hydrogen-bond acceptors (Lipinski definition) is 2. The Hall–Kier alpha value is 0.310. The highest BCUT2D eigenvalue weighted by atomic mass is 32.2. The Morgan fingerprint density at radius 2 is 2.44 bits per heavy atom. The van der Waals surface area contributed by atoms with Crippen LogP contribution in [0, 0.1) is 0 Å². The SMILES string of the molecule is CCC1OCCC(C)S1. The molecule has 9 heavy (non-hydrogen) atoms. The van der Waals surface area contributed by atoms with Gasteiger partial charge in [0, 0.05) is 11.9 Å². The molecule has 2 unspecified atom stereocenters. The lowest BCUT2D eigenvalue weighted by molar-refractivity contribution is 0.0983. The van der Waals surface area contributed by atoms with Gasteiger partial charge in [-0.05, 0) is 12.8 Å². The van der Waals surface area contributed by atoms with E-state index in [0.29, 0.717) is 5.44 Å². The smallest absolute Gasteiger partial charge is 0.103 e. The Balaban J connectivity index is 2.23. The van der Waals surface area contributed by atoms with E-state index in [1.807, 2.05) is 11.8 Å². The zero-order valence-electron chi connectivity index (χ0n) is 6.09. The Morgan fingerprint density at radius 1 is 1.67 bits per heavy atom. The zero-order chi connectivity index (χ0) is 6.69. The van der Waals surface area contributed by atoms with E-state index in [1.165, 1.54) is 6.42 Å². The van der Waals surface area contributed by atoms with E-state index < -0.39 is 0 Å². The zero-order valence-corrected chi connectivity index (χ0v) is 6.91. The van der Waals surface area contributed by atoms with Crippen molar-refractivity contribution < 1.29 is 4.74 Å². The highest BCUT2D eigenvalue weighted by Gasteiger charge is 2.17. The van der Waals surface area contributed by atoms with Gasteiger partial charge in [-0.25, -0.2) is 0 Å². The summed E-state index contributed by atoms with van der Waals surface area (Å²) in [6.45, 7) is 5.41. The first kappa shape index (κ1) is 7.42. The first-order chi connectivity index (χ1) is 4.33. The molecule has 0 aromatic heterocycles. The Kier molecular flexibility index (Phi) is 2.86. The van der Waals surface area contributed by atoms with Crippen LogP contribution in [0.1, 0.15) is 26.7 Å². The molecular formula is C7H14OS. The second-order valence-electron chi connectivity index (χ2n) is 2.44. The van der Waals surface area contributed by atoms with Crippen LogP contribution in [0.3, 0.4) is 0 Å². The number of ether oxygens (including phenoxy) is 1. The van der Waals surface area contributed by atoms with Crippen LogP contribution in [0.2, 0.25) is 0 Å². The van der Waals surface area contributed by atoms with Crippen molar-refractivity contribution in [2.45, 2.75) is 37.4 Å². The van der Waals surface area contributed by atoms with Gasteiger partial charge in [0.25, 0.3) is 0 Å². The molecule has 0 bridgehead atoms. The van der Waals surface area contributed by atoms with Gasteiger partial charge in [-0.2, -0.15) is 0 Å². The van der Waals surface area contributed by atoms with Crippen LogP contribution in [0.4, 0.5) is 0 Å². The first-order valence-electron chi connectivity index (χ1n) is 3.60. The minimum Gasteiger partial charge on any atom is -0.368 e. The van der Waals surface area contributed by atoms with Crippen molar-refractivity contribution in [3.63, 3.8) is 0 Å². The lowest BCUT2D eigenvalue weighted by atomic mass is 10.3. The molecule has 2 atom stereocenters. The third-order valence-corrected chi connectivity index (χ3v) is 3.02. The monoisotopic (exact) mass is 146 g/mol. The second-order valence-corrected chi connectivity index (χ2v) is 4.05. The third-order valence-electron chi connectivity index (χ3n) is 1.55. The van der Waals surface area contributed by atoms with E-state index in [2.05, 4.69) is 13.8 Å². The molecule has 0 amide bonds. The van der Waals surface area contributed by atoms with Crippen LogP contribution in [-0.4, -0.2) is 17.3 Å². The van der Waals surface area contributed by atoms with Gasteiger partial charge in [-0.1, -0.05) is 13.8 Å². The predicted molar refractivity (Wildman–Crippen MR) is 41.7 cm³/mol. The molecular weight excluding hydrogens is 132 g/mol. The maximum atomic E-state index is 5.46. The molecule has 1 fully saturated rings. The summed E-state index contributed by atoms with van der Waals surface area (Å²) in [5, 5.41) is 0.809. The van der Waals surface area contributed by atoms with E-state index in [9.17, 15) is 0 Å². The van der Waals surface area contributed by atoms with Gasteiger partial charge < -0.3 is 4.74 Å². The van der Waals surface area contributed by atoms with Crippen molar-refractivity contribution in [2.24, 2.45) is 0 Å². The van der Waals surface area contributed by atoms with Gasteiger partial charge in [0.15, 0.2) is 0 Å². The van der Waals surface area contributed by atoms with Crippen LogP contribution >= 0.6 is 11.8 Å². The standard InChI is InChI=1S/C7H14OS/c1-3-7-8-5-4-6(2)9-7/h6-7H,3-5H2,1-2H3. The van der Waals surface area contributed by atoms with Gasteiger partial charge in [-0.15, -0.1) is 11.8 Å². The molecule has 0 saturated carbocycles. The lowest BCUT2D eigenvalue weighted by Crippen LogP contribution is -2.20. The summed E-state index contributed by atoms with van der Waals surface area (Å²) >= 11 is 1.96. The van der Waals surface area contributed by atoms with Gasteiger partial charge >= 0.3 is 0 Å². The molecule has 1 aliphatic heterocycles. The Labute approximate surface area is 61.2 Å². The molecule has 54 valence electrons. The van der Waals surface area contributed by atoms with Crippen LogP contribution in [0.15, 0.2) is 0 Å². The highest BCUT2D eigenvalue weighted by molar-refractivity contribution is 8.00. The van der Waals surface area contributed by atoms with Crippen LogP contribution in [0.25, 0.3) is 0 Å². The van der Waals surface area contributed by atoms with E-state index >= 15 is 0 Å². The Morgan fingerprint density at radius 3 is 2.89 bits per heavy atom. The van der Waals surface area contributed by atoms with Gasteiger partial charge in [0.1, 0.15) is 5.44 Å². The maximum Gasteiger partial charge on any atom is 0.103 e. The molecule has 0 aromatic carbocycles. The highest BCUT2D eigenvalue weighted by Crippen LogP contribution is 2.28. The molecule has 1 saturated heterocycles. The quantitative estimate of drug-likeness (QED) is 0.561. The van der Waals surface area contributed by atoms with Gasteiger partial charge in [0.2, 0.25) is 0 Å². The molecule has 0 N–H and O–H groups in total. The average Bonchev–Trinajstić information content (AvgIpc) is 1.88. The fraction of sp³-hybridized carbons (Fsp3) is 1.00. The summed E-state index contributed by atoms with van der Waals surface area (Å²) in [5.74, 6) is 0. The van der Waals surface area contributed by atoms with Crippen molar-refractivity contribution in [3.05, 3.63) is 0 Å². The fourth-order valence-electron chi connectivity index (χ4n) is 0.946. The van der Waals surface area contributed by atoms with Crippen molar-refractivity contribution in [2.75, 3.05) is 6.61 Å². The summed E-state index contributed by atoms with van der Waals surface area (Å²) in [5.41, 5.74) is 0.480. The summed E-state index contributed by atoms with van der Waals surface area (Å²) in [7, 11) is 0. The molecule has 2 heteroatoms. The molecule has 0 aliphatic carbocycles. The average molecular weight is 146 g/mol. The van der Waals surface area contributed by atoms with E-state index in [-0.39, 0.29) is 0 Å². The van der Waals surface area contributed by atoms with E-state index in [1.54, 1.807) is 0 Å².